The number of alkyl carbamates (subject to hydrolysis) is 1. The van der Waals surface area contributed by atoms with Crippen molar-refractivity contribution in [1.29, 1.82) is 0 Å². The number of ether oxygens (including phenoxy) is 1. The molecule has 2 bridgehead atoms. The number of nitrogens with zero attached hydrogens (tertiary/aromatic N) is 1. The van der Waals surface area contributed by atoms with Crippen molar-refractivity contribution in [2.75, 3.05) is 19.6 Å². The van der Waals surface area contributed by atoms with Crippen LogP contribution in [0.25, 0.3) is 11.1 Å². The summed E-state index contributed by atoms with van der Waals surface area (Å²) in [7, 11) is 0. The number of hydrogen-bond acceptors (Lipinski definition) is 3. The van der Waals surface area contributed by atoms with Gasteiger partial charge in [0.2, 0.25) is 0 Å². The van der Waals surface area contributed by atoms with Gasteiger partial charge in [0.1, 0.15) is 6.10 Å². The van der Waals surface area contributed by atoms with Crippen LogP contribution >= 0.6 is 0 Å². The normalized spacial score (nSPS) is 28.9. The third-order valence-electron chi connectivity index (χ3n) is 8.49. The molecule has 2 aromatic rings. The van der Waals surface area contributed by atoms with E-state index in [-0.39, 0.29) is 23.7 Å². The number of rotatable bonds is 3. The Bertz CT molecular complexity index is 1100. The highest BCUT2D eigenvalue weighted by molar-refractivity contribution is 5.70. The largest absolute Gasteiger partial charge is 0.445 e. The molecular formula is C27H29F3N2O2. The summed E-state index contributed by atoms with van der Waals surface area (Å²) in [5.74, 6) is 0.458. The molecule has 1 unspecified atom stereocenters. The van der Waals surface area contributed by atoms with Gasteiger partial charge in [0.15, 0.2) is 0 Å². The molecule has 0 radical (unpaired) electrons. The van der Waals surface area contributed by atoms with Crippen LogP contribution in [0, 0.1) is 11.3 Å². The minimum atomic E-state index is -4.37. The molecule has 34 heavy (non-hydrogen) atoms. The maximum atomic E-state index is 13.2. The first-order valence-electron chi connectivity index (χ1n) is 12.3. The van der Waals surface area contributed by atoms with E-state index in [0.717, 1.165) is 80.9 Å². The van der Waals surface area contributed by atoms with E-state index >= 15 is 0 Å². The molecule has 4 fully saturated rings. The van der Waals surface area contributed by atoms with Crippen molar-refractivity contribution < 1.29 is 22.7 Å². The second kappa shape index (κ2) is 8.01. The zero-order valence-corrected chi connectivity index (χ0v) is 19.0. The molecule has 1 N–H and O–H groups in total. The number of alkyl halides is 3. The third kappa shape index (κ3) is 3.98. The summed E-state index contributed by atoms with van der Waals surface area (Å²) in [6.07, 6.45) is 1.42. The molecule has 2 atom stereocenters. The molecule has 1 spiro atoms. The third-order valence-corrected chi connectivity index (χ3v) is 8.49. The SMILES string of the molecule is O=C(NC1c2ccc(-c3cccc(C(F)(F)F)c3)cc2CCC12CC2)O[C@H]1CN2CCC1CC2. The van der Waals surface area contributed by atoms with E-state index in [1.54, 1.807) is 6.07 Å². The fourth-order valence-electron chi connectivity index (χ4n) is 6.28. The summed E-state index contributed by atoms with van der Waals surface area (Å²) in [5, 5.41) is 3.19. The molecule has 4 nitrogen and oxygen atoms in total. The molecule has 1 saturated carbocycles. The zero-order chi connectivity index (χ0) is 23.5. The van der Waals surface area contributed by atoms with Gasteiger partial charge in [-0.3, -0.25) is 4.90 Å². The van der Waals surface area contributed by atoms with Crippen LogP contribution in [0.1, 0.15) is 54.8 Å². The number of benzene rings is 2. The molecule has 7 heteroatoms. The number of nitrogens with one attached hydrogen (secondary N) is 1. The van der Waals surface area contributed by atoms with E-state index < -0.39 is 11.7 Å². The van der Waals surface area contributed by atoms with Gasteiger partial charge >= 0.3 is 12.3 Å². The lowest BCUT2D eigenvalue weighted by Crippen LogP contribution is -2.53. The fourth-order valence-corrected chi connectivity index (χ4v) is 6.28. The van der Waals surface area contributed by atoms with Crippen molar-refractivity contribution >= 4 is 6.09 Å². The number of hydrogen-bond donors (Lipinski definition) is 1. The van der Waals surface area contributed by atoms with Crippen molar-refractivity contribution in [2.24, 2.45) is 11.3 Å². The predicted octanol–water partition coefficient (Wildman–Crippen LogP) is 5.96. The quantitative estimate of drug-likeness (QED) is 0.602. The van der Waals surface area contributed by atoms with Gasteiger partial charge in [-0.1, -0.05) is 30.3 Å². The number of piperidine rings is 3. The highest BCUT2D eigenvalue weighted by Gasteiger charge is 2.53. The van der Waals surface area contributed by atoms with Crippen LogP contribution in [0.4, 0.5) is 18.0 Å². The summed E-state index contributed by atoms with van der Waals surface area (Å²) in [6.45, 7) is 3.02. The summed E-state index contributed by atoms with van der Waals surface area (Å²) < 4.78 is 45.5. The first-order chi connectivity index (χ1) is 16.3. The summed E-state index contributed by atoms with van der Waals surface area (Å²) in [6, 6.07) is 11.2. The Morgan fingerprint density at radius 3 is 2.47 bits per heavy atom. The van der Waals surface area contributed by atoms with E-state index in [4.69, 9.17) is 4.74 Å². The standard InChI is InChI=1S/C27H29F3N2O2/c28-27(29,30)21-3-1-2-18(15-21)19-4-5-22-20(14-19)6-9-26(10-11-26)24(22)31-25(33)34-23-16-32-12-7-17(23)8-13-32/h1-5,14-15,17,23-24H,6-13,16H2,(H,31,33)/t23-,24?/m0/s1. The molecule has 7 rings (SSSR count). The van der Waals surface area contributed by atoms with Crippen LogP contribution in [0.3, 0.4) is 0 Å². The van der Waals surface area contributed by atoms with Gasteiger partial charge in [0.05, 0.1) is 11.6 Å². The fraction of sp³-hybridized carbons (Fsp3) is 0.519. The number of halogens is 3. The van der Waals surface area contributed by atoms with Crippen LogP contribution in [0.2, 0.25) is 0 Å². The van der Waals surface area contributed by atoms with Crippen molar-refractivity contribution in [3.05, 3.63) is 59.2 Å². The van der Waals surface area contributed by atoms with E-state index in [1.165, 1.54) is 12.1 Å². The van der Waals surface area contributed by atoms with Crippen LogP contribution in [-0.4, -0.2) is 36.7 Å². The van der Waals surface area contributed by atoms with Gasteiger partial charge in [0.25, 0.3) is 0 Å². The van der Waals surface area contributed by atoms with Crippen LogP contribution < -0.4 is 5.32 Å². The molecule has 0 aromatic heterocycles. The minimum Gasteiger partial charge on any atom is -0.445 e. The first-order valence-corrected chi connectivity index (χ1v) is 12.3. The lowest BCUT2D eigenvalue weighted by molar-refractivity contribution is -0.137. The van der Waals surface area contributed by atoms with Gasteiger partial charge in [-0.05, 0) is 97.3 Å². The molecule has 3 saturated heterocycles. The first kappa shape index (κ1) is 22.0. The molecule has 3 heterocycles. The topological polar surface area (TPSA) is 41.6 Å². The maximum Gasteiger partial charge on any atom is 0.416 e. The molecule has 5 aliphatic rings. The molecule has 180 valence electrons. The van der Waals surface area contributed by atoms with E-state index in [1.807, 2.05) is 18.2 Å². The highest BCUT2D eigenvalue weighted by Crippen LogP contribution is 2.61. The lowest BCUT2D eigenvalue weighted by atomic mass is 9.76. The lowest BCUT2D eigenvalue weighted by Gasteiger charge is -2.44. The van der Waals surface area contributed by atoms with Crippen molar-refractivity contribution in [3.63, 3.8) is 0 Å². The summed E-state index contributed by atoms with van der Waals surface area (Å²) >= 11 is 0. The van der Waals surface area contributed by atoms with Crippen LogP contribution in [-0.2, 0) is 17.3 Å². The van der Waals surface area contributed by atoms with Crippen LogP contribution in [0.5, 0.6) is 0 Å². The minimum absolute atomic E-state index is 0.0380. The van der Waals surface area contributed by atoms with Gasteiger partial charge in [0, 0.05) is 6.54 Å². The van der Waals surface area contributed by atoms with Crippen molar-refractivity contribution in [3.8, 4) is 11.1 Å². The number of carbonyl (C=O) groups excluding carboxylic acids is 1. The Hall–Kier alpha value is -2.54. The highest BCUT2D eigenvalue weighted by atomic mass is 19.4. The molecule has 2 aliphatic carbocycles. The van der Waals surface area contributed by atoms with E-state index in [0.29, 0.717) is 11.5 Å². The number of aryl methyl sites for hydroxylation is 1. The molecule has 3 aliphatic heterocycles. The Balaban J connectivity index is 1.23. The second-order valence-electron chi connectivity index (χ2n) is 10.5. The van der Waals surface area contributed by atoms with E-state index in [2.05, 4.69) is 10.2 Å². The average molecular weight is 471 g/mol. The predicted molar refractivity (Wildman–Crippen MR) is 122 cm³/mol. The maximum absolute atomic E-state index is 13.2. The zero-order valence-electron chi connectivity index (χ0n) is 19.0. The molecule has 2 aromatic carbocycles. The van der Waals surface area contributed by atoms with Gasteiger partial charge in [-0.15, -0.1) is 0 Å². The average Bonchev–Trinajstić information content (AvgIpc) is 3.61. The Morgan fingerprint density at radius 2 is 1.79 bits per heavy atom. The number of carbonyl (C=O) groups is 1. The number of amides is 1. The molecule has 1 amide bonds. The molecular weight excluding hydrogens is 441 g/mol. The van der Waals surface area contributed by atoms with Gasteiger partial charge in [-0.25, -0.2) is 4.79 Å². The van der Waals surface area contributed by atoms with Crippen LogP contribution in [0.15, 0.2) is 42.5 Å². The Morgan fingerprint density at radius 1 is 1.03 bits per heavy atom. The van der Waals surface area contributed by atoms with Crippen molar-refractivity contribution in [2.45, 2.75) is 56.8 Å². The summed E-state index contributed by atoms with van der Waals surface area (Å²) in [4.78, 5) is 15.3. The van der Waals surface area contributed by atoms with E-state index in [9.17, 15) is 18.0 Å². The Kier molecular flexibility index (Phi) is 5.17. The summed E-state index contributed by atoms with van der Waals surface area (Å²) in [5.41, 5.74) is 2.93. The number of fused-ring (bicyclic) bond motifs is 4. The van der Waals surface area contributed by atoms with Crippen molar-refractivity contribution in [1.82, 2.24) is 10.2 Å². The van der Waals surface area contributed by atoms with Gasteiger partial charge in [-0.2, -0.15) is 13.2 Å². The second-order valence-corrected chi connectivity index (χ2v) is 10.5. The Labute approximate surface area is 197 Å². The smallest absolute Gasteiger partial charge is 0.416 e. The monoisotopic (exact) mass is 470 g/mol. The van der Waals surface area contributed by atoms with Gasteiger partial charge < -0.3 is 10.1 Å².